The molecular weight excluding hydrogens is 401 g/mol. The highest BCUT2D eigenvalue weighted by atomic mass is 19.1. The van der Waals surface area contributed by atoms with Crippen LogP contribution in [-0.2, 0) is 16.8 Å². The number of piperidine rings is 1. The van der Waals surface area contributed by atoms with E-state index in [0.29, 0.717) is 12.5 Å². The molecule has 32 heavy (non-hydrogen) atoms. The van der Waals surface area contributed by atoms with Crippen molar-refractivity contribution in [3.8, 4) is 0 Å². The second kappa shape index (κ2) is 10.1. The summed E-state index contributed by atoms with van der Waals surface area (Å²) >= 11 is 0. The largest absolute Gasteiger partial charge is 0.355 e. The third kappa shape index (κ3) is 4.89. The van der Waals surface area contributed by atoms with Crippen LogP contribution in [0.3, 0.4) is 0 Å². The molecule has 2 aromatic carbocycles. The minimum absolute atomic E-state index is 0.0427. The number of carbonyl (C=O) groups is 1. The van der Waals surface area contributed by atoms with E-state index in [1.165, 1.54) is 11.6 Å². The summed E-state index contributed by atoms with van der Waals surface area (Å²) in [5.74, 6) is 0.320. The normalized spacial score (nSPS) is 24.2. The number of rotatable bonds is 7. The number of halogens is 1. The number of nitrogens with one attached hydrogen (secondary N) is 1. The Morgan fingerprint density at radius 1 is 1.09 bits per heavy atom. The Kier molecular flexibility index (Phi) is 7.27. The van der Waals surface area contributed by atoms with Crippen molar-refractivity contribution < 1.29 is 9.18 Å². The van der Waals surface area contributed by atoms with Crippen molar-refractivity contribution in [2.75, 3.05) is 19.6 Å². The third-order valence-corrected chi connectivity index (χ3v) is 7.79. The summed E-state index contributed by atoms with van der Waals surface area (Å²) in [6.07, 6.45) is 5.16. The van der Waals surface area contributed by atoms with Crippen LogP contribution in [0.15, 0.2) is 54.6 Å². The minimum Gasteiger partial charge on any atom is -0.355 e. The average Bonchev–Trinajstić information content (AvgIpc) is 3.22. The Hall–Kier alpha value is -2.24. The van der Waals surface area contributed by atoms with Gasteiger partial charge in [0.05, 0.1) is 0 Å². The fraction of sp³-hybridized carbons (Fsp3) is 0.519. The second-order valence-corrected chi connectivity index (χ2v) is 9.70. The van der Waals surface area contributed by atoms with Crippen LogP contribution < -0.4 is 11.1 Å². The van der Waals surface area contributed by atoms with Gasteiger partial charge in [0.1, 0.15) is 5.82 Å². The van der Waals surface area contributed by atoms with Gasteiger partial charge >= 0.3 is 0 Å². The van der Waals surface area contributed by atoms with Gasteiger partial charge in [-0.1, -0.05) is 48.9 Å². The molecule has 3 atom stereocenters. The van der Waals surface area contributed by atoms with Crippen LogP contribution in [0, 0.1) is 17.7 Å². The molecule has 1 saturated heterocycles. The summed E-state index contributed by atoms with van der Waals surface area (Å²) in [5.41, 5.74) is 8.65. The van der Waals surface area contributed by atoms with E-state index in [0.717, 1.165) is 57.3 Å². The van der Waals surface area contributed by atoms with E-state index in [-0.39, 0.29) is 29.1 Å². The molecule has 0 bridgehead atoms. The van der Waals surface area contributed by atoms with Crippen molar-refractivity contribution in [3.63, 3.8) is 0 Å². The molecule has 2 aromatic rings. The average molecular weight is 438 g/mol. The summed E-state index contributed by atoms with van der Waals surface area (Å²) < 4.78 is 14.4. The van der Waals surface area contributed by atoms with Gasteiger partial charge in [-0.3, -0.25) is 9.69 Å². The third-order valence-electron chi connectivity index (χ3n) is 7.79. The number of nitrogens with zero attached hydrogens (tertiary/aromatic N) is 1. The predicted molar refractivity (Wildman–Crippen MR) is 127 cm³/mol. The molecule has 1 aliphatic carbocycles. The molecular formula is C27H36FN3O. The highest BCUT2D eigenvalue weighted by molar-refractivity contribution is 5.73. The van der Waals surface area contributed by atoms with Crippen LogP contribution in [0.25, 0.3) is 0 Å². The highest BCUT2D eigenvalue weighted by Crippen LogP contribution is 2.49. The molecule has 1 amide bonds. The van der Waals surface area contributed by atoms with Crippen LogP contribution in [0.1, 0.15) is 50.2 Å². The van der Waals surface area contributed by atoms with E-state index in [2.05, 4.69) is 40.5 Å². The van der Waals surface area contributed by atoms with Gasteiger partial charge in [-0.15, -0.1) is 0 Å². The molecule has 5 heteroatoms. The molecule has 4 nitrogen and oxygen atoms in total. The number of amides is 1. The Morgan fingerprint density at radius 2 is 1.84 bits per heavy atom. The van der Waals surface area contributed by atoms with E-state index in [1.807, 2.05) is 6.07 Å². The van der Waals surface area contributed by atoms with Crippen LogP contribution in [-0.4, -0.2) is 36.5 Å². The Labute approximate surface area is 191 Å². The molecule has 1 aliphatic heterocycles. The van der Waals surface area contributed by atoms with Crippen LogP contribution in [0.5, 0.6) is 0 Å². The summed E-state index contributed by atoms with van der Waals surface area (Å²) in [7, 11) is 0. The Balaban J connectivity index is 1.63. The summed E-state index contributed by atoms with van der Waals surface area (Å²) in [5, 5.41) is 3.12. The SMILES string of the molecule is CC(=O)NCC(c1cccc(F)c1)(C1CCN(Cc2ccccc2)CC1)[C@H]1CCC[C@@H]1N. The number of carbonyl (C=O) groups excluding carboxylic acids is 1. The topological polar surface area (TPSA) is 58.4 Å². The van der Waals surface area contributed by atoms with E-state index in [9.17, 15) is 9.18 Å². The zero-order valence-electron chi connectivity index (χ0n) is 19.1. The van der Waals surface area contributed by atoms with Gasteiger partial charge in [-0.2, -0.15) is 0 Å². The molecule has 2 aliphatic rings. The van der Waals surface area contributed by atoms with Crippen LogP contribution in [0.4, 0.5) is 4.39 Å². The fourth-order valence-corrected chi connectivity index (χ4v) is 6.25. The van der Waals surface area contributed by atoms with Gasteiger partial charge < -0.3 is 11.1 Å². The van der Waals surface area contributed by atoms with Gasteiger partial charge in [0.25, 0.3) is 0 Å². The van der Waals surface area contributed by atoms with Crippen molar-refractivity contribution >= 4 is 5.91 Å². The molecule has 0 aromatic heterocycles. The second-order valence-electron chi connectivity index (χ2n) is 9.70. The monoisotopic (exact) mass is 437 g/mol. The molecule has 2 fully saturated rings. The zero-order valence-corrected chi connectivity index (χ0v) is 19.1. The molecule has 1 unspecified atom stereocenters. The van der Waals surface area contributed by atoms with Gasteiger partial charge in [0.15, 0.2) is 0 Å². The molecule has 1 saturated carbocycles. The summed E-state index contributed by atoms with van der Waals surface area (Å²) in [6.45, 7) is 5.04. The first-order chi connectivity index (χ1) is 15.5. The van der Waals surface area contributed by atoms with E-state index >= 15 is 0 Å². The van der Waals surface area contributed by atoms with Crippen LogP contribution in [0.2, 0.25) is 0 Å². The van der Waals surface area contributed by atoms with E-state index in [4.69, 9.17) is 5.73 Å². The standard InChI is InChI=1S/C27H36FN3O/c1-20(32)30-19-27(25-11-6-12-26(25)29,23-9-5-10-24(28)17-23)22-13-15-31(16-14-22)18-21-7-3-2-4-8-21/h2-5,7-10,17,22,25-26H,6,11-16,18-19,29H2,1H3,(H,30,32)/t25-,26-,27?/m0/s1. The summed E-state index contributed by atoms with van der Waals surface area (Å²) in [4.78, 5) is 14.5. The quantitative estimate of drug-likeness (QED) is 0.681. The maximum Gasteiger partial charge on any atom is 0.216 e. The van der Waals surface area contributed by atoms with Gasteiger partial charge in [-0.05, 0) is 73.9 Å². The van der Waals surface area contributed by atoms with Crippen molar-refractivity contribution in [2.24, 2.45) is 17.6 Å². The number of likely N-dealkylation sites (tertiary alicyclic amines) is 1. The Bertz CT molecular complexity index is 897. The molecule has 4 rings (SSSR count). The number of hydrogen-bond acceptors (Lipinski definition) is 3. The maximum atomic E-state index is 14.4. The lowest BCUT2D eigenvalue weighted by Gasteiger charge is -2.50. The minimum atomic E-state index is -0.345. The number of hydrogen-bond donors (Lipinski definition) is 2. The van der Waals surface area contributed by atoms with Gasteiger partial charge in [0.2, 0.25) is 5.91 Å². The van der Waals surface area contributed by atoms with Gasteiger partial charge in [0, 0.05) is 31.5 Å². The highest BCUT2D eigenvalue weighted by Gasteiger charge is 2.50. The molecule has 1 heterocycles. The number of nitrogens with two attached hydrogens (primary N) is 1. The number of benzene rings is 2. The summed E-state index contributed by atoms with van der Waals surface area (Å²) in [6, 6.07) is 17.7. The fourth-order valence-electron chi connectivity index (χ4n) is 6.25. The van der Waals surface area contributed by atoms with E-state index < -0.39 is 0 Å². The van der Waals surface area contributed by atoms with Crippen molar-refractivity contribution in [3.05, 3.63) is 71.5 Å². The van der Waals surface area contributed by atoms with Crippen LogP contribution >= 0.6 is 0 Å². The molecule has 0 spiro atoms. The van der Waals surface area contributed by atoms with E-state index in [1.54, 1.807) is 19.1 Å². The molecule has 0 radical (unpaired) electrons. The first kappa shape index (κ1) is 22.9. The lowest BCUT2D eigenvalue weighted by Crippen LogP contribution is -2.56. The van der Waals surface area contributed by atoms with Gasteiger partial charge in [-0.25, -0.2) is 4.39 Å². The Morgan fingerprint density at radius 3 is 2.47 bits per heavy atom. The van der Waals surface area contributed by atoms with Crippen molar-refractivity contribution in [1.29, 1.82) is 0 Å². The predicted octanol–water partition coefficient (Wildman–Crippen LogP) is 4.24. The maximum absolute atomic E-state index is 14.4. The lowest BCUT2D eigenvalue weighted by molar-refractivity contribution is -0.119. The molecule has 3 N–H and O–H groups in total. The first-order valence-corrected chi connectivity index (χ1v) is 12.0. The van der Waals surface area contributed by atoms with Crippen molar-refractivity contribution in [1.82, 2.24) is 10.2 Å². The smallest absolute Gasteiger partial charge is 0.216 e. The zero-order chi connectivity index (χ0) is 22.6. The molecule has 172 valence electrons. The lowest BCUT2D eigenvalue weighted by atomic mass is 9.58. The first-order valence-electron chi connectivity index (χ1n) is 12.0. The van der Waals surface area contributed by atoms with Crippen molar-refractivity contribution in [2.45, 2.75) is 57.0 Å².